The van der Waals surface area contributed by atoms with Crippen molar-refractivity contribution in [2.24, 2.45) is 0 Å². The van der Waals surface area contributed by atoms with Crippen LogP contribution in [0.4, 0.5) is 0 Å². The third kappa shape index (κ3) is 4.11. The van der Waals surface area contributed by atoms with Gasteiger partial charge in [-0.25, -0.2) is 4.67 Å². The van der Waals surface area contributed by atoms with Crippen molar-refractivity contribution in [2.75, 3.05) is 25.9 Å². The Labute approximate surface area is 131 Å². The fourth-order valence-corrected chi connectivity index (χ4v) is 5.80. The molecule has 0 bridgehead atoms. The highest BCUT2D eigenvalue weighted by atomic mass is 31.2. The summed E-state index contributed by atoms with van der Waals surface area (Å²) in [7, 11) is -2.88. The number of aliphatic carboxylic acids is 1. The molecule has 1 unspecified atom stereocenters. The lowest BCUT2D eigenvalue weighted by atomic mass is 10.2. The molecular weight excluding hydrogens is 301 g/mol. The maximum absolute atomic E-state index is 13.5. The lowest BCUT2D eigenvalue weighted by molar-refractivity contribution is -0.305. The Morgan fingerprint density at radius 2 is 1.91 bits per heavy atom. The average molecular weight is 324 g/mol. The number of carboxylic acids is 1. The zero-order valence-corrected chi connectivity index (χ0v) is 13.9. The van der Waals surface area contributed by atoms with Gasteiger partial charge in [-0.15, -0.1) is 0 Å². The molecule has 22 heavy (non-hydrogen) atoms. The number of carbonyl (C=O) groups is 1. The van der Waals surface area contributed by atoms with Gasteiger partial charge < -0.3 is 19.2 Å². The van der Waals surface area contributed by atoms with E-state index in [-0.39, 0.29) is 6.54 Å². The van der Waals surface area contributed by atoms with E-state index in [1.165, 1.54) is 0 Å². The summed E-state index contributed by atoms with van der Waals surface area (Å²) in [6, 6.07) is 7.20. The van der Waals surface area contributed by atoms with Crippen LogP contribution in [0.5, 0.6) is 5.75 Å². The van der Waals surface area contributed by atoms with Crippen molar-refractivity contribution < 1.29 is 19.2 Å². The molecule has 5 nitrogen and oxygen atoms in total. The standard InChI is InChI=1S/C16H24NO4P/c1-2-21-14-7-9-15(10-8-14)22(20)12-6-4-3-5-11-17(22)13-16(18)19/h7-10H,2-6,11-13H2,1H3,(H,18,19)/p-1. The summed E-state index contributed by atoms with van der Waals surface area (Å²) >= 11 is 0. The predicted octanol–water partition coefficient (Wildman–Crippen LogP) is 1.61. The van der Waals surface area contributed by atoms with Crippen LogP contribution in [0.25, 0.3) is 0 Å². The Kier molecular flexibility index (Phi) is 6.04. The minimum atomic E-state index is -2.88. The molecule has 6 heteroatoms. The number of rotatable bonds is 5. The second-order valence-electron chi connectivity index (χ2n) is 5.53. The van der Waals surface area contributed by atoms with E-state index in [4.69, 9.17) is 4.74 Å². The van der Waals surface area contributed by atoms with E-state index in [0.717, 1.165) is 31.4 Å². The van der Waals surface area contributed by atoms with Crippen LogP contribution in [-0.4, -0.2) is 36.5 Å². The second kappa shape index (κ2) is 7.80. The van der Waals surface area contributed by atoms with Crippen molar-refractivity contribution in [1.82, 2.24) is 4.67 Å². The highest BCUT2D eigenvalue weighted by Gasteiger charge is 2.32. The number of hydrogen-bond donors (Lipinski definition) is 0. The normalized spacial score (nSPS) is 23.5. The number of carboxylic acid groups (broad SMARTS) is 1. The molecule has 1 fully saturated rings. The SMILES string of the molecule is CCOc1ccc(P2(=O)CCCCCCN2CC(=O)[O-])cc1. The summed E-state index contributed by atoms with van der Waals surface area (Å²) in [6.45, 7) is 2.75. The molecule has 0 aliphatic carbocycles. The first-order chi connectivity index (χ1) is 10.6. The molecule has 1 atom stereocenters. The van der Waals surface area contributed by atoms with Gasteiger partial charge >= 0.3 is 0 Å². The molecule has 1 aromatic rings. The summed E-state index contributed by atoms with van der Waals surface area (Å²) in [6.07, 6.45) is 4.34. The van der Waals surface area contributed by atoms with Crippen molar-refractivity contribution in [3.05, 3.63) is 24.3 Å². The molecule has 1 aliphatic heterocycles. The number of nitrogens with zero attached hydrogens (tertiary/aromatic N) is 1. The van der Waals surface area contributed by atoms with Gasteiger partial charge in [0, 0.05) is 24.6 Å². The third-order valence-corrected chi connectivity index (χ3v) is 7.23. The van der Waals surface area contributed by atoms with E-state index in [1.54, 1.807) is 28.9 Å². The molecule has 1 aromatic carbocycles. The maximum Gasteiger partial charge on any atom is 0.179 e. The van der Waals surface area contributed by atoms with Crippen LogP contribution in [0.2, 0.25) is 0 Å². The van der Waals surface area contributed by atoms with Gasteiger partial charge in [0.2, 0.25) is 0 Å². The lowest BCUT2D eigenvalue weighted by Gasteiger charge is -2.34. The number of carbonyl (C=O) groups excluding carboxylic acids is 1. The largest absolute Gasteiger partial charge is 0.549 e. The van der Waals surface area contributed by atoms with Crippen molar-refractivity contribution in [2.45, 2.75) is 32.6 Å². The smallest absolute Gasteiger partial charge is 0.179 e. The van der Waals surface area contributed by atoms with Gasteiger partial charge in [-0.2, -0.15) is 0 Å². The van der Waals surface area contributed by atoms with Gasteiger partial charge in [0.05, 0.1) is 12.6 Å². The number of ether oxygens (including phenoxy) is 1. The van der Waals surface area contributed by atoms with Crippen molar-refractivity contribution in [3.8, 4) is 5.75 Å². The van der Waals surface area contributed by atoms with Gasteiger partial charge in [-0.3, -0.25) is 0 Å². The van der Waals surface area contributed by atoms with Gasteiger partial charge in [0.25, 0.3) is 0 Å². The summed E-state index contributed by atoms with van der Waals surface area (Å²) in [5.74, 6) is -0.442. The highest BCUT2D eigenvalue weighted by molar-refractivity contribution is 7.69. The monoisotopic (exact) mass is 324 g/mol. The van der Waals surface area contributed by atoms with E-state index in [0.29, 0.717) is 24.6 Å². The topological polar surface area (TPSA) is 69.7 Å². The van der Waals surface area contributed by atoms with Crippen LogP contribution >= 0.6 is 7.29 Å². The first-order valence-electron chi connectivity index (χ1n) is 7.84. The quantitative estimate of drug-likeness (QED) is 0.770. The molecule has 1 heterocycles. The first-order valence-corrected chi connectivity index (χ1v) is 9.68. The zero-order chi connectivity index (χ0) is 16.0. The molecule has 2 rings (SSSR count). The molecule has 0 amide bonds. The Balaban J connectivity index is 2.30. The lowest BCUT2D eigenvalue weighted by Crippen LogP contribution is -2.40. The van der Waals surface area contributed by atoms with Crippen LogP contribution < -0.4 is 15.1 Å². The van der Waals surface area contributed by atoms with E-state index in [2.05, 4.69) is 0 Å². The molecule has 122 valence electrons. The summed E-state index contributed by atoms with van der Waals surface area (Å²) < 4.78 is 20.6. The minimum Gasteiger partial charge on any atom is -0.549 e. The van der Waals surface area contributed by atoms with Gasteiger partial charge in [-0.1, -0.05) is 12.8 Å². The zero-order valence-electron chi connectivity index (χ0n) is 13.0. The highest BCUT2D eigenvalue weighted by Crippen LogP contribution is 2.50. The molecule has 1 aliphatic rings. The van der Waals surface area contributed by atoms with Crippen LogP contribution in [0.1, 0.15) is 32.6 Å². The molecule has 0 N–H and O–H groups in total. The molecule has 0 spiro atoms. The van der Waals surface area contributed by atoms with E-state index < -0.39 is 13.3 Å². The fraction of sp³-hybridized carbons (Fsp3) is 0.562. The van der Waals surface area contributed by atoms with Gasteiger partial charge in [0.15, 0.2) is 7.29 Å². The van der Waals surface area contributed by atoms with Crippen LogP contribution in [0.15, 0.2) is 24.3 Å². The molecule has 1 saturated heterocycles. The third-order valence-electron chi connectivity index (χ3n) is 3.95. The van der Waals surface area contributed by atoms with Gasteiger partial charge in [-0.05, 0) is 44.0 Å². The predicted molar refractivity (Wildman–Crippen MR) is 84.8 cm³/mol. The maximum atomic E-state index is 13.5. The Hall–Kier alpha value is -1.32. The minimum absolute atomic E-state index is 0.273. The number of hydrogen-bond acceptors (Lipinski definition) is 4. The average Bonchev–Trinajstić information content (AvgIpc) is 2.48. The van der Waals surface area contributed by atoms with E-state index in [1.807, 2.05) is 6.92 Å². The van der Waals surface area contributed by atoms with Crippen LogP contribution in [0, 0.1) is 0 Å². The van der Waals surface area contributed by atoms with Crippen LogP contribution in [0.3, 0.4) is 0 Å². The van der Waals surface area contributed by atoms with E-state index in [9.17, 15) is 14.5 Å². The molecule has 0 aromatic heterocycles. The Bertz CT molecular complexity index is 544. The fourth-order valence-electron chi connectivity index (χ4n) is 2.85. The summed E-state index contributed by atoms with van der Waals surface area (Å²) in [4.78, 5) is 11.0. The van der Waals surface area contributed by atoms with Crippen molar-refractivity contribution in [1.29, 1.82) is 0 Å². The Morgan fingerprint density at radius 1 is 1.23 bits per heavy atom. The van der Waals surface area contributed by atoms with Crippen molar-refractivity contribution >= 4 is 18.6 Å². The Morgan fingerprint density at radius 3 is 2.55 bits per heavy atom. The van der Waals surface area contributed by atoms with Gasteiger partial charge in [0.1, 0.15) is 5.75 Å². The summed E-state index contributed by atoms with van der Waals surface area (Å²) in [5.41, 5.74) is 0. The first kappa shape index (κ1) is 17.0. The van der Waals surface area contributed by atoms with Crippen LogP contribution in [-0.2, 0) is 9.36 Å². The second-order valence-corrected chi connectivity index (χ2v) is 8.46. The van der Waals surface area contributed by atoms with Crippen molar-refractivity contribution in [3.63, 3.8) is 0 Å². The molecular formula is C16H23NO4P-. The molecule has 0 radical (unpaired) electrons. The molecule has 0 saturated carbocycles. The van der Waals surface area contributed by atoms with E-state index >= 15 is 0 Å². The number of benzene rings is 1. The summed E-state index contributed by atoms with van der Waals surface area (Å²) in [5, 5.41) is 11.7.